The molecule has 31 heavy (non-hydrogen) atoms. The summed E-state index contributed by atoms with van der Waals surface area (Å²) in [4.78, 5) is 31.3. The molecule has 1 spiro atoms. The highest BCUT2D eigenvalue weighted by molar-refractivity contribution is 5.93. The molecule has 0 unspecified atom stereocenters. The second-order valence-corrected chi connectivity index (χ2v) is 8.57. The van der Waals surface area contributed by atoms with Crippen molar-refractivity contribution in [3.8, 4) is 0 Å². The Morgan fingerprint density at radius 1 is 1.26 bits per heavy atom. The number of carbonyl (C=O) groups is 2. The van der Waals surface area contributed by atoms with Crippen LogP contribution in [0.5, 0.6) is 0 Å². The molecule has 6 rings (SSSR count). The minimum Gasteiger partial charge on any atom is -0.467 e. The van der Waals surface area contributed by atoms with E-state index in [0.29, 0.717) is 19.6 Å². The topological polar surface area (TPSA) is 87.6 Å². The number of nitrogens with zero attached hydrogens (tertiary/aromatic N) is 1. The van der Waals surface area contributed by atoms with Crippen molar-refractivity contribution in [3.05, 3.63) is 72.3 Å². The summed E-state index contributed by atoms with van der Waals surface area (Å²) < 4.78 is 11.6. The Morgan fingerprint density at radius 2 is 2.16 bits per heavy atom. The van der Waals surface area contributed by atoms with Crippen LogP contribution in [0.25, 0.3) is 10.9 Å². The van der Waals surface area contributed by atoms with Crippen LogP contribution in [0.15, 0.2) is 65.4 Å². The third-order valence-corrected chi connectivity index (χ3v) is 6.78. The third-order valence-electron chi connectivity index (χ3n) is 6.78. The number of hydrogen-bond donors (Lipinski definition) is 2. The second-order valence-electron chi connectivity index (χ2n) is 8.57. The Kier molecular flexibility index (Phi) is 4.08. The van der Waals surface area contributed by atoms with Gasteiger partial charge in [-0.05, 0) is 30.2 Å². The van der Waals surface area contributed by atoms with Crippen LogP contribution in [0.2, 0.25) is 0 Å². The van der Waals surface area contributed by atoms with Gasteiger partial charge >= 0.3 is 0 Å². The zero-order valence-corrected chi connectivity index (χ0v) is 16.9. The second kappa shape index (κ2) is 6.85. The molecule has 5 heterocycles. The molecule has 0 aliphatic carbocycles. The highest BCUT2D eigenvalue weighted by Crippen LogP contribution is 2.52. The molecular formula is C24H23N3O4. The Morgan fingerprint density at radius 3 is 3.03 bits per heavy atom. The fourth-order valence-corrected chi connectivity index (χ4v) is 5.38. The summed E-state index contributed by atoms with van der Waals surface area (Å²) in [7, 11) is 0. The van der Waals surface area contributed by atoms with Crippen LogP contribution in [-0.2, 0) is 27.3 Å². The summed E-state index contributed by atoms with van der Waals surface area (Å²) in [5.74, 6) is -0.412. The molecule has 3 aliphatic heterocycles. The number of carbonyl (C=O) groups excluding carboxylic acids is 2. The van der Waals surface area contributed by atoms with E-state index in [-0.39, 0.29) is 17.9 Å². The molecule has 7 heteroatoms. The molecule has 2 N–H and O–H groups in total. The van der Waals surface area contributed by atoms with Crippen molar-refractivity contribution in [2.75, 3.05) is 13.1 Å². The number of ether oxygens (including phenoxy) is 1. The predicted molar refractivity (Wildman–Crippen MR) is 113 cm³/mol. The van der Waals surface area contributed by atoms with E-state index in [0.717, 1.165) is 23.3 Å². The van der Waals surface area contributed by atoms with Crippen molar-refractivity contribution in [2.45, 2.75) is 24.7 Å². The number of aromatic nitrogens is 1. The van der Waals surface area contributed by atoms with Crippen LogP contribution in [0.3, 0.4) is 0 Å². The molecule has 4 atom stereocenters. The van der Waals surface area contributed by atoms with Crippen molar-refractivity contribution in [2.24, 2.45) is 11.8 Å². The zero-order chi connectivity index (χ0) is 21.0. The van der Waals surface area contributed by atoms with E-state index in [1.807, 2.05) is 42.6 Å². The number of amides is 2. The molecule has 3 aromatic rings. The normalized spacial score (nSPS) is 28.6. The van der Waals surface area contributed by atoms with E-state index >= 15 is 0 Å². The average molecular weight is 417 g/mol. The van der Waals surface area contributed by atoms with E-state index in [4.69, 9.17) is 9.15 Å². The van der Waals surface area contributed by atoms with Crippen LogP contribution >= 0.6 is 0 Å². The fourth-order valence-electron chi connectivity index (χ4n) is 5.38. The summed E-state index contributed by atoms with van der Waals surface area (Å²) in [5.41, 5.74) is 1.55. The number of furan rings is 1. The molecule has 2 amide bonds. The first-order chi connectivity index (χ1) is 15.1. The fraction of sp³-hybridized carbons (Fsp3) is 0.333. The number of para-hydroxylation sites is 1. The maximum Gasteiger partial charge on any atom is 0.230 e. The van der Waals surface area contributed by atoms with Crippen molar-refractivity contribution in [1.82, 2.24) is 15.2 Å². The van der Waals surface area contributed by atoms with Gasteiger partial charge in [0.2, 0.25) is 11.8 Å². The Bertz CT molecular complexity index is 1180. The summed E-state index contributed by atoms with van der Waals surface area (Å²) in [6.07, 6.45) is 7.87. The van der Waals surface area contributed by atoms with Gasteiger partial charge in [0.25, 0.3) is 0 Å². The zero-order valence-electron chi connectivity index (χ0n) is 16.9. The number of likely N-dealkylation sites (tertiary alicyclic amines) is 1. The lowest BCUT2D eigenvalue weighted by atomic mass is 9.77. The van der Waals surface area contributed by atoms with E-state index in [1.165, 1.54) is 5.39 Å². The molecule has 2 aromatic heterocycles. The standard InChI is InChI=1S/C24H23N3O4/c28-22(25-10-8-15-12-26-18-6-2-1-5-17(15)18)20-19-7-9-24(31-19)14-27(23(29)21(20)24)13-16-4-3-11-30-16/h1-7,9,11-12,19-21,26H,8,10,13-14H2,(H,25,28)/t19-,20-,21-,24+/m1/s1. The largest absolute Gasteiger partial charge is 0.467 e. The van der Waals surface area contributed by atoms with Gasteiger partial charge in [-0.1, -0.05) is 30.4 Å². The summed E-state index contributed by atoms with van der Waals surface area (Å²) in [5, 5.41) is 4.21. The van der Waals surface area contributed by atoms with Gasteiger partial charge in [0, 0.05) is 23.6 Å². The lowest BCUT2D eigenvalue weighted by molar-refractivity contribution is -0.138. The SMILES string of the molecule is O=C(NCCc1c[nH]c2ccccc12)[C@@H]1[C@H]2C=C[C@@]3(CN(Cc4ccco4)C(=O)[C@@H]13)O2. The van der Waals surface area contributed by atoms with Crippen LogP contribution < -0.4 is 5.32 Å². The van der Waals surface area contributed by atoms with Gasteiger partial charge in [-0.2, -0.15) is 0 Å². The molecule has 7 nitrogen and oxygen atoms in total. The molecule has 2 fully saturated rings. The average Bonchev–Trinajstić information content (AvgIpc) is 3.58. The van der Waals surface area contributed by atoms with E-state index in [9.17, 15) is 9.59 Å². The Hall–Kier alpha value is -3.32. The summed E-state index contributed by atoms with van der Waals surface area (Å²) in [6.45, 7) is 1.35. The van der Waals surface area contributed by atoms with Crippen LogP contribution in [0.4, 0.5) is 0 Å². The van der Waals surface area contributed by atoms with E-state index in [2.05, 4.69) is 16.4 Å². The summed E-state index contributed by atoms with van der Waals surface area (Å²) in [6, 6.07) is 11.8. The van der Waals surface area contributed by atoms with Gasteiger partial charge in [-0.3, -0.25) is 9.59 Å². The molecule has 1 aromatic carbocycles. The number of H-pyrrole nitrogens is 1. The third kappa shape index (κ3) is 2.84. The van der Waals surface area contributed by atoms with Gasteiger partial charge in [0.15, 0.2) is 0 Å². The molecule has 3 aliphatic rings. The van der Waals surface area contributed by atoms with Gasteiger partial charge in [0.05, 0.1) is 37.3 Å². The lowest BCUT2D eigenvalue weighted by Crippen LogP contribution is -2.44. The van der Waals surface area contributed by atoms with E-state index in [1.54, 1.807) is 17.2 Å². The Balaban J connectivity index is 1.15. The maximum atomic E-state index is 13.2. The van der Waals surface area contributed by atoms with Crippen molar-refractivity contribution < 1.29 is 18.7 Å². The van der Waals surface area contributed by atoms with Crippen LogP contribution in [0, 0.1) is 11.8 Å². The highest BCUT2D eigenvalue weighted by atomic mass is 16.5. The monoisotopic (exact) mass is 417 g/mol. The first-order valence-electron chi connectivity index (χ1n) is 10.7. The lowest BCUT2D eigenvalue weighted by Gasteiger charge is -2.23. The number of nitrogens with one attached hydrogen (secondary N) is 2. The maximum absolute atomic E-state index is 13.2. The number of rotatable bonds is 6. The van der Waals surface area contributed by atoms with Crippen LogP contribution in [0.1, 0.15) is 11.3 Å². The number of hydrogen-bond acceptors (Lipinski definition) is 4. The molecule has 0 radical (unpaired) electrons. The molecular weight excluding hydrogens is 394 g/mol. The Labute approximate surface area is 179 Å². The number of fused-ring (bicyclic) bond motifs is 2. The van der Waals surface area contributed by atoms with Crippen molar-refractivity contribution in [1.29, 1.82) is 0 Å². The first-order valence-corrected chi connectivity index (χ1v) is 10.7. The molecule has 2 bridgehead atoms. The van der Waals surface area contributed by atoms with Gasteiger partial charge in [0.1, 0.15) is 11.4 Å². The molecule has 158 valence electrons. The minimum absolute atomic E-state index is 0.0416. The minimum atomic E-state index is -0.701. The molecule has 0 saturated carbocycles. The van der Waals surface area contributed by atoms with Crippen LogP contribution in [-0.4, -0.2) is 46.5 Å². The van der Waals surface area contributed by atoms with Gasteiger partial charge in [-0.25, -0.2) is 0 Å². The molecule has 2 saturated heterocycles. The van der Waals surface area contributed by atoms with Gasteiger partial charge in [-0.15, -0.1) is 0 Å². The quantitative estimate of drug-likeness (QED) is 0.603. The van der Waals surface area contributed by atoms with Gasteiger partial charge < -0.3 is 24.4 Å². The smallest absolute Gasteiger partial charge is 0.230 e. The van der Waals surface area contributed by atoms with E-state index < -0.39 is 17.4 Å². The predicted octanol–water partition coefficient (Wildman–Crippen LogP) is 2.40. The van der Waals surface area contributed by atoms with Crippen molar-refractivity contribution >= 4 is 22.7 Å². The first kappa shape index (κ1) is 18.4. The number of benzene rings is 1. The highest BCUT2D eigenvalue weighted by Gasteiger charge is 2.66. The van der Waals surface area contributed by atoms with Crippen molar-refractivity contribution in [3.63, 3.8) is 0 Å². The summed E-state index contributed by atoms with van der Waals surface area (Å²) >= 11 is 0. The number of aromatic amines is 1.